The van der Waals surface area contributed by atoms with Crippen molar-refractivity contribution in [3.8, 4) is 0 Å². The molecule has 2 aromatic rings. The van der Waals surface area contributed by atoms with E-state index in [1.54, 1.807) is 41.3 Å². The van der Waals surface area contributed by atoms with Crippen LogP contribution in [0.1, 0.15) is 66.4 Å². The number of hydrogen-bond acceptors (Lipinski definition) is 4. The van der Waals surface area contributed by atoms with Crippen LogP contribution in [-0.4, -0.2) is 43.8 Å². The van der Waals surface area contributed by atoms with Gasteiger partial charge in [0, 0.05) is 23.8 Å². The molecule has 2 aliphatic rings. The fourth-order valence-corrected chi connectivity index (χ4v) is 5.94. The molecule has 0 aromatic heterocycles. The number of hydrogen-bond donors (Lipinski definition) is 2. The number of carbonyl (C=O) groups is 2. The summed E-state index contributed by atoms with van der Waals surface area (Å²) in [5.74, 6) is -0.335. The number of rotatable bonds is 6. The summed E-state index contributed by atoms with van der Waals surface area (Å²) in [6.45, 7) is 4.31. The summed E-state index contributed by atoms with van der Waals surface area (Å²) in [6.07, 6.45) is 6.87. The van der Waals surface area contributed by atoms with Gasteiger partial charge in [-0.15, -0.1) is 0 Å². The number of sulfonamides is 1. The second-order valence-corrected chi connectivity index (χ2v) is 11.1. The molecule has 8 heteroatoms. The summed E-state index contributed by atoms with van der Waals surface area (Å²) in [7, 11) is -3.79. The minimum Gasteiger partial charge on any atom is -0.352 e. The maximum atomic E-state index is 13.3. The van der Waals surface area contributed by atoms with Crippen molar-refractivity contribution < 1.29 is 18.0 Å². The zero-order valence-corrected chi connectivity index (χ0v) is 20.7. The molecule has 2 amide bonds. The van der Waals surface area contributed by atoms with Crippen molar-refractivity contribution in [2.45, 2.75) is 75.8 Å². The Labute approximate surface area is 202 Å². The molecule has 2 N–H and O–H groups in total. The number of likely N-dealkylation sites (tertiary alicyclic amines) is 1. The molecule has 0 spiro atoms. The van der Waals surface area contributed by atoms with Crippen LogP contribution in [0.15, 0.2) is 47.4 Å². The molecule has 1 aliphatic carbocycles. The molecule has 34 heavy (non-hydrogen) atoms. The number of nitrogens with one attached hydrogen (secondary N) is 2. The van der Waals surface area contributed by atoms with E-state index in [2.05, 4.69) is 10.0 Å². The van der Waals surface area contributed by atoms with Crippen LogP contribution in [0.25, 0.3) is 0 Å². The smallest absolute Gasteiger partial charge is 0.261 e. The lowest BCUT2D eigenvalue weighted by Gasteiger charge is -2.28. The summed E-state index contributed by atoms with van der Waals surface area (Å²) in [4.78, 5) is 28.0. The predicted molar refractivity (Wildman–Crippen MR) is 132 cm³/mol. The van der Waals surface area contributed by atoms with Gasteiger partial charge in [-0.05, 0) is 81.0 Å². The van der Waals surface area contributed by atoms with Crippen LogP contribution in [0.5, 0.6) is 0 Å². The predicted octanol–water partition coefficient (Wildman–Crippen LogP) is 4.16. The van der Waals surface area contributed by atoms with E-state index >= 15 is 0 Å². The summed E-state index contributed by atoms with van der Waals surface area (Å²) in [5, 5.41) is 3.14. The minimum absolute atomic E-state index is 0.0793. The van der Waals surface area contributed by atoms with Crippen LogP contribution in [0.2, 0.25) is 0 Å². The summed E-state index contributed by atoms with van der Waals surface area (Å²) in [5.41, 5.74) is 2.57. The highest BCUT2D eigenvalue weighted by Crippen LogP contribution is 2.25. The number of aryl methyl sites for hydroxylation is 2. The van der Waals surface area contributed by atoms with Gasteiger partial charge in [0.15, 0.2) is 0 Å². The van der Waals surface area contributed by atoms with E-state index in [4.69, 9.17) is 0 Å². The molecule has 0 bridgehead atoms. The topological polar surface area (TPSA) is 95.6 Å². The number of anilines is 1. The van der Waals surface area contributed by atoms with Gasteiger partial charge in [-0.2, -0.15) is 0 Å². The van der Waals surface area contributed by atoms with Crippen molar-refractivity contribution in [2.24, 2.45) is 0 Å². The average molecular weight is 484 g/mol. The summed E-state index contributed by atoms with van der Waals surface area (Å²) >= 11 is 0. The molecule has 1 aliphatic heterocycles. The molecular weight excluding hydrogens is 450 g/mol. The zero-order chi connectivity index (χ0) is 24.3. The standard InChI is InChI=1S/C26H33N3O4S/c1-18-13-14-23(16-19(18)2)34(32,33)28-22-11-6-8-20(17-22)26(31)29-15-7-12-24(29)25(30)27-21-9-4-3-5-10-21/h6,8,11,13-14,16-17,21,24,28H,3-5,7,9-10,12,15H2,1-2H3,(H,27,30). The third kappa shape index (κ3) is 5.43. The Kier molecular flexibility index (Phi) is 7.26. The minimum atomic E-state index is -3.79. The second kappa shape index (κ2) is 10.2. The third-order valence-corrected chi connectivity index (χ3v) is 8.30. The molecule has 7 nitrogen and oxygen atoms in total. The number of benzene rings is 2. The fraction of sp³-hybridized carbons (Fsp3) is 0.462. The van der Waals surface area contributed by atoms with E-state index in [-0.39, 0.29) is 22.8 Å². The monoisotopic (exact) mass is 483 g/mol. The van der Waals surface area contributed by atoms with Crippen LogP contribution in [0.4, 0.5) is 5.69 Å². The Bertz CT molecular complexity index is 1170. The van der Waals surface area contributed by atoms with E-state index in [9.17, 15) is 18.0 Å². The molecule has 2 aromatic carbocycles. The highest BCUT2D eigenvalue weighted by atomic mass is 32.2. The summed E-state index contributed by atoms with van der Waals surface area (Å²) in [6, 6.07) is 11.2. The molecule has 1 atom stereocenters. The van der Waals surface area contributed by atoms with Gasteiger partial charge < -0.3 is 10.2 Å². The van der Waals surface area contributed by atoms with E-state index in [1.165, 1.54) is 12.5 Å². The maximum absolute atomic E-state index is 13.3. The Morgan fingerprint density at radius 3 is 2.41 bits per heavy atom. The van der Waals surface area contributed by atoms with E-state index in [0.29, 0.717) is 24.2 Å². The van der Waals surface area contributed by atoms with Gasteiger partial charge in [0.25, 0.3) is 15.9 Å². The van der Waals surface area contributed by atoms with E-state index < -0.39 is 16.1 Å². The van der Waals surface area contributed by atoms with Gasteiger partial charge in [-0.1, -0.05) is 31.4 Å². The van der Waals surface area contributed by atoms with Gasteiger partial charge in [-0.3, -0.25) is 14.3 Å². The highest BCUT2D eigenvalue weighted by molar-refractivity contribution is 7.92. The normalized spacial score (nSPS) is 19.1. The van der Waals surface area contributed by atoms with Crippen molar-refractivity contribution in [3.63, 3.8) is 0 Å². The highest BCUT2D eigenvalue weighted by Gasteiger charge is 2.35. The third-order valence-electron chi connectivity index (χ3n) is 6.92. The first-order valence-corrected chi connectivity index (χ1v) is 13.5. The first-order valence-electron chi connectivity index (χ1n) is 12.1. The number of amides is 2. The van der Waals surface area contributed by atoms with Crippen molar-refractivity contribution in [2.75, 3.05) is 11.3 Å². The SMILES string of the molecule is Cc1ccc(S(=O)(=O)Nc2cccc(C(=O)N3CCCC3C(=O)NC3CCCCC3)c2)cc1C. The average Bonchev–Trinajstić information content (AvgIpc) is 3.31. The number of nitrogens with zero attached hydrogens (tertiary/aromatic N) is 1. The van der Waals surface area contributed by atoms with Gasteiger partial charge in [0.1, 0.15) is 6.04 Å². The van der Waals surface area contributed by atoms with Crippen LogP contribution in [0, 0.1) is 13.8 Å². The van der Waals surface area contributed by atoms with E-state index in [1.807, 2.05) is 13.8 Å². The number of carbonyl (C=O) groups excluding carboxylic acids is 2. The van der Waals surface area contributed by atoms with Gasteiger partial charge >= 0.3 is 0 Å². The molecule has 2 fully saturated rings. The van der Waals surface area contributed by atoms with Crippen LogP contribution in [0.3, 0.4) is 0 Å². The molecule has 0 radical (unpaired) electrons. The van der Waals surface area contributed by atoms with Gasteiger partial charge in [0.05, 0.1) is 4.90 Å². The lowest BCUT2D eigenvalue weighted by Crippen LogP contribution is -2.49. The second-order valence-electron chi connectivity index (χ2n) is 9.43. The van der Waals surface area contributed by atoms with Crippen molar-refractivity contribution in [1.29, 1.82) is 0 Å². The molecule has 1 saturated carbocycles. The molecule has 1 saturated heterocycles. The maximum Gasteiger partial charge on any atom is 0.261 e. The molecular formula is C26H33N3O4S. The Morgan fingerprint density at radius 1 is 0.912 bits per heavy atom. The Morgan fingerprint density at radius 2 is 1.68 bits per heavy atom. The van der Waals surface area contributed by atoms with Crippen molar-refractivity contribution in [3.05, 3.63) is 59.2 Å². The Balaban J connectivity index is 1.47. The lowest BCUT2D eigenvalue weighted by molar-refractivity contribution is -0.125. The molecule has 1 heterocycles. The molecule has 1 unspecified atom stereocenters. The molecule has 4 rings (SSSR count). The first kappa shape index (κ1) is 24.3. The van der Waals surface area contributed by atoms with Crippen LogP contribution < -0.4 is 10.0 Å². The van der Waals surface area contributed by atoms with Crippen LogP contribution >= 0.6 is 0 Å². The van der Waals surface area contributed by atoms with Gasteiger partial charge in [0.2, 0.25) is 5.91 Å². The molecule has 182 valence electrons. The Hall–Kier alpha value is -2.87. The van der Waals surface area contributed by atoms with Gasteiger partial charge in [-0.25, -0.2) is 8.42 Å². The fourth-order valence-electron chi connectivity index (χ4n) is 4.80. The zero-order valence-electron chi connectivity index (χ0n) is 19.8. The van der Waals surface area contributed by atoms with Crippen molar-refractivity contribution >= 4 is 27.5 Å². The van der Waals surface area contributed by atoms with E-state index in [0.717, 1.165) is 43.2 Å². The largest absolute Gasteiger partial charge is 0.352 e. The quantitative estimate of drug-likeness (QED) is 0.645. The summed E-state index contributed by atoms with van der Waals surface area (Å²) < 4.78 is 28.3. The first-order chi connectivity index (χ1) is 16.2. The lowest BCUT2D eigenvalue weighted by atomic mass is 9.95. The van der Waals surface area contributed by atoms with Crippen LogP contribution in [-0.2, 0) is 14.8 Å². The van der Waals surface area contributed by atoms with Crippen molar-refractivity contribution in [1.82, 2.24) is 10.2 Å².